The van der Waals surface area contributed by atoms with Crippen LogP contribution in [0.1, 0.15) is 18.4 Å². The van der Waals surface area contributed by atoms with Gasteiger partial charge in [-0.1, -0.05) is 22.0 Å². The van der Waals surface area contributed by atoms with Crippen molar-refractivity contribution in [2.75, 3.05) is 37.6 Å². The monoisotopic (exact) mass is 324 g/mol. The summed E-state index contributed by atoms with van der Waals surface area (Å²) in [4.78, 5) is 5.04. The van der Waals surface area contributed by atoms with Crippen LogP contribution < -0.4 is 4.90 Å². The van der Waals surface area contributed by atoms with Gasteiger partial charge in [0, 0.05) is 42.9 Å². The minimum Gasteiger partial charge on any atom is -0.392 e. The van der Waals surface area contributed by atoms with E-state index >= 15 is 0 Å². The fourth-order valence-electron chi connectivity index (χ4n) is 2.72. The summed E-state index contributed by atoms with van der Waals surface area (Å²) in [5.74, 6) is 0.990. The first-order valence-electron chi connectivity index (χ1n) is 7.13. The summed E-state index contributed by atoms with van der Waals surface area (Å²) < 4.78 is 1.01. The quantitative estimate of drug-likeness (QED) is 0.921. The summed E-state index contributed by atoms with van der Waals surface area (Å²) in [7, 11) is 0. The van der Waals surface area contributed by atoms with Crippen LogP contribution in [0.25, 0.3) is 0 Å². The van der Waals surface area contributed by atoms with Crippen molar-refractivity contribution in [1.29, 1.82) is 0 Å². The summed E-state index contributed by atoms with van der Waals surface area (Å²) in [5, 5.41) is 9.19. The lowest BCUT2D eigenvalue weighted by molar-refractivity contribution is 0.248. The molecule has 2 aliphatic rings. The molecule has 1 saturated heterocycles. The molecular formula is C15H21BrN2O. The average Bonchev–Trinajstić information content (AvgIpc) is 3.23. The Morgan fingerprint density at radius 1 is 1.16 bits per heavy atom. The Labute approximate surface area is 123 Å². The van der Waals surface area contributed by atoms with Gasteiger partial charge in [0.25, 0.3) is 0 Å². The van der Waals surface area contributed by atoms with Gasteiger partial charge in [0.15, 0.2) is 0 Å². The van der Waals surface area contributed by atoms with Gasteiger partial charge in [0.05, 0.1) is 6.61 Å². The van der Waals surface area contributed by atoms with E-state index in [1.807, 2.05) is 6.07 Å². The molecule has 0 aromatic heterocycles. The van der Waals surface area contributed by atoms with E-state index in [2.05, 4.69) is 37.9 Å². The van der Waals surface area contributed by atoms with Crippen molar-refractivity contribution in [3.05, 3.63) is 28.2 Å². The Hall–Kier alpha value is -0.580. The second-order valence-electron chi connectivity index (χ2n) is 5.66. The first-order chi connectivity index (χ1) is 9.26. The molecule has 104 valence electrons. The molecule has 0 spiro atoms. The Balaban J connectivity index is 1.59. The molecule has 1 aliphatic carbocycles. The molecule has 0 amide bonds. The molecule has 0 unspecified atom stereocenters. The van der Waals surface area contributed by atoms with E-state index in [0.717, 1.165) is 29.0 Å². The molecule has 1 N–H and O–H groups in total. The zero-order chi connectivity index (χ0) is 13.2. The van der Waals surface area contributed by atoms with Crippen molar-refractivity contribution >= 4 is 21.6 Å². The molecule has 0 bridgehead atoms. The zero-order valence-corrected chi connectivity index (χ0v) is 12.8. The Bertz CT molecular complexity index is 440. The van der Waals surface area contributed by atoms with Crippen LogP contribution in [0, 0.1) is 5.92 Å². The van der Waals surface area contributed by atoms with E-state index in [4.69, 9.17) is 0 Å². The second kappa shape index (κ2) is 5.81. The summed E-state index contributed by atoms with van der Waals surface area (Å²) in [5.41, 5.74) is 2.21. The molecule has 3 rings (SSSR count). The van der Waals surface area contributed by atoms with E-state index in [1.165, 1.54) is 38.2 Å². The Morgan fingerprint density at radius 3 is 2.47 bits per heavy atom. The van der Waals surface area contributed by atoms with Gasteiger partial charge in [-0.15, -0.1) is 0 Å². The summed E-state index contributed by atoms with van der Waals surface area (Å²) in [6.07, 6.45) is 2.88. The number of nitrogens with zero attached hydrogens (tertiary/aromatic N) is 2. The average molecular weight is 325 g/mol. The molecule has 1 aromatic carbocycles. The lowest BCUT2D eigenvalue weighted by Crippen LogP contribution is -2.47. The van der Waals surface area contributed by atoms with Crippen molar-refractivity contribution in [3.63, 3.8) is 0 Å². The summed E-state index contributed by atoms with van der Waals surface area (Å²) in [6.45, 7) is 5.97. The van der Waals surface area contributed by atoms with E-state index < -0.39 is 0 Å². The van der Waals surface area contributed by atoms with Gasteiger partial charge in [-0.05, 0) is 36.5 Å². The molecule has 1 aliphatic heterocycles. The second-order valence-corrected chi connectivity index (χ2v) is 6.52. The molecule has 0 radical (unpaired) electrons. The van der Waals surface area contributed by atoms with Crippen LogP contribution >= 0.6 is 15.9 Å². The number of aliphatic hydroxyl groups excluding tert-OH is 1. The van der Waals surface area contributed by atoms with Crippen molar-refractivity contribution in [2.24, 2.45) is 5.92 Å². The van der Waals surface area contributed by atoms with Gasteiger partial charge in [-0.25, -0.2) is 0 Å². The van der Waals surface area contributed by atoms with Crippen LogP contribution in [0.4, 0.5) is 5.69 Å². The van der Waals surface area contributed by atoms with Gasteiger partial charge < -0.3 is 10.0 Å². The molecule has 3 nitrogen and oxygen atoms in total. The van der Waals surface area contributed by atoms with Crippen LogP contribution in [0.2, 0.25) is 0 Å². The van der Waals surface area contributed by atoms with E-state index in [1.54, 1.807) is 0 Å². The summed E-state index contributed by atoms with van der Waals surface area (Å²) in [6, 6.07) is 6.25. The lowest BCUT2D eigenvalue weighted by Gasteiger charge is -2.36. The van der Waals surface area contributed by atoms with Crippen molar-refractivity contribution < 1.29 is 5.11 Å². The van der Waals surface area contributed by atoms with Gasteiger partial charge in [-0.3, -0.25) is 4.90 Å². The van der Waals surface area contributed by atoms with E-state index in [-0.39, 0.29) is 6.61 Å². The van der Waals surface area contributed by atoms with Gasteiger partial charge in [0.1, 0.15) is 0 Å². The van der Waals surface area contributed by atoms with Crippen LogP contribution in [0.5, 0.6) is 0 Å². The number of piperazine rings is 1. The third-order valence-electron chi connectivity index (χ3n) is 4.16. The molecule has 19 heavy (non-hydrogen) atoms. The normalized spacial score (nSPS) is 20.8. The van der Waals surface area contributed by atoms with Gasteiger partial charge in [0.2, 0.25) is 0 Å². The summed E-state index contributed by atoms with van der Waals surface area (Å²) >= 11 is 3.53. The highest BCUT2D eigenvalue weighted by atomic mass is 79.9. The molecule has 1 saturated carbocycles. The van der Waals surface area contributed by atoms with E-state index in [9.17, 15) is 5.11 Å². The maximum absolute atomic E-state index is 9.19. The fourth-order valence-corrected chi connectivity index (χ4v) is 3.21. The van der Waals surface area contributed by atoms with Crippen molar-refractivity contribution in [1.82, 2.24) is 4.90 Å². The standard InChI is InChI=1S/C15H21BrN2O/c16-15-9-14(4-3-13(15)11-19)18-7-5-17(6-8-18)10-12-1-2-12/h3-4,9,12,19H,1-2,5-8,10-11H2. The molecule has 0 atom stereocenters. The third-order valence-corrected chi connectivity index (χ3v) is 4.90. The molecule has 1 aromatic rings. The molecule has 4 heteroatoms. The first-order valence-corrected chi connectivity index (χ1v) is 7.92. The number of hydrogen-bond donors (Lipinski definition) is 1. The maximum atomic E-state index is 9.19. The highest BCUT2D eigenvalue weighted by molar-refractivity contribution is 9.10. The van der Waals surface area contributed by atoms with Crippen LogP contribution in [0.15, 0.2) is 22.7 Å². The smallest absolute Gasteiger partial charge is 0.0692 e. The van der Waals surface area contributed by atoms with E-state index in [0.29, 0.717) is 0 Å². The largest absolute Gasteiger partial charge is 0.392 e. The van der Waals surface area contributed by atoms with Gasteiger partial charge in [-0.2, -0.15) is 0 Å². The van der Waals surface area contributed by atoms with Crippen molar-refractivity contribution in [3.8, 4) is 0 Å². The van der Waals surface area contributed by atoms with Crippen LogP contribution in [0.3, 0.4) is 0 Å². The third kappa shape index (κ3) is 3.30. The Morgan fingerprint density at radius 2 is 1.89 bits per heavy atom. The number of halogens is 1. The number of benzene rings is 1. The molecule has 1 heterocycles. The lowest BCUT2D eigenvalue weighted by atomic mass is 10.2. The van der Waals surface area contributed by atoms with Crippen LogP contribution in [-0.4, -0.2) is 42.7 Å². The minimum atomic E-state index is 0.0933. The SMILES string of the molecule is OCc1ccc(N2CCN(CC3CC3)CC2)cc1Br. The fraction of sp³-hybridized carbons (Fsp3) is 0.600. The molecule has 2 fully saturated rings. The van der Waals surface area contributed by atoms with Crippen LogP contribution in [-0.2, 0) is 6.61 Å². The van der Waals surface area contributed by atoms with Crippen molar-refractivity contribution in [2.45, 2.75) is 19.4 Å². The highest BCUT2D eigenvalue weighted by Gasteiger charge is 2.26. The first kappa shape index (κ1) is 13.4. The topological polar surface area (TPSA) is 26.7 Å². The number of rotatable bonds is 4. The number of anilines is 1. The maximum Gasteiger partial charge on any atom is 0.0692 e. The predicted molar refractivity (Wildman–Crippen MR) is 81.4 cm³/mol. The Kier molecular flexibility index (Phi) is 4.10. The predicted octanol–water partition coefficient (Wildman–Crippen LogP) is 2.47. The number of hydrogen-bond acceptors (Lipinski definition) is 3. The zero-order valence-electron chi connectivity index (χ0n) is 11.2. The molecular weight excluding hydrogens is 304 g/mol. The number of aliphatic hydroxyl groups is 1. The minimum absolute atomic E-state index is 0.0933. The van der Waals surface area contributed by atoms with Gasteiger partial charge >= 0.3 is 0 Å². The highest BCUT2D eigenvalue weighted by Crippen LogP contribution is 2.30.